The van der Waals surface area contributed by atoms with Gasteiger partial charge in [0.05, 0.1) is 5.54 Å². The van der Waals surface area contributed by atoms with Crippen LogP contribution in [-0.4, -0.2) is 46.3 Å². The zero-order valence-corrected chi connectivity index (χ0v) is 20.6. The van der Waals surface area contributed by atoms with Crippen molar-refractivity contribution < 1.29 is 17.9 Å². The lowest BCUT2D eigenvalue weighted by molar-refractivity contribution is -0.141. The number of halogens is 3. The normalized spacial score (nSPS) is 16.9. The van der Waals surface area contributed by atoms with Gasteiger partial charge in [0.2, 0.25) is 5.88 Å². The first-order valence-electron chi connectivity index (χ1n) is 12.2. The van der Waals surface area contributed by atoms with Crippen molar-refractivity contribution in [3.8, 4) is 5.88 Å². The number of aromatic nitrogens is 3. The van der Waals surface area contributed by atoms with E-state index >= 15 is 0 Å². The number of allylic oxidation sites excluding steroid dienone is 1. The molecule has 0 radical (unpaired) electrons. The molecule has 0 atom stereocenters. The largest absolute Gasteiger partial charge is 0.472 e. The molecule has 1 aliphatic carbocycles. The van der Waals surface area contributed by atoms with E-state index in [0.717, 1.165) is 57.0 Å². The molecule has 0 spiro atoms. The third kappa shape index (κ3) is 5.79. The zero-order chi connectivity index (χ0) is 26.0. The number of nitrogens with zero attached hydrogens (tertiary/aromatic N) is 5. The highest BCUT2D eigenvalue weighted by Crippen LogP contribution is 2.48. The van der Waals surface area contributed by atoms with Gasteiger partial charge in [0, 0.05) is 55.4 Å². The van der Waals surface area contributed by atoms with Crippen LogP contribution in [0, 0.1) is 0 Å². The molecule has 3 aromatic rings. The molecule has 194 valence electrons. The summed E-state index contributed by atoms with van der Waals surface area (Å²) >= 11 is 0. The van der Waals surface area contributed by atoms with Gasteiger partial charge >= 0.3 is 6.18 Å². The van der Waals surface area contributed by atoms with Crippen LogP contribution in [0.2, 0.25) is 0 Å². The van der Waals surface area contributed by atoms with Crippen LogP contribution in [0.25, 0.3) is 0 Å². The average molecular weight is 511 g/mol. The van der Waals surface area contributed by atoms with Gasteiger partial charge in [0.25, 0.3) is 0 Å². The first kappa shape index (κ1) is 24.9. The number of alkyl halides is 3. The molecule has 2 fully saturated rings. The highest BCUT2D eigenvalue weighted by atomic mass is 19.4. The SMILES string of the molecule is C=C(C)N1CCN(c2ccc(C3(Nc4ccc(OCc5ccc(C(F)(F)F)nc5)nn4)CC3)cc2)CC1. The summed E-state index contributed by atoms with van der Waals surface area (Å²) in [5.41, 5.74) is 2.99. The number of ether oxygens (including phenoxy) is 1. The zero-order valence-electron chi connectivity index (χ0n) is 20.6. The lowest BCUT2D eigenvalue weighted by atomic mass is 10.0. The molecule has 37 heavy (non-hydrogen) atoms. The molecular weight excluding hydrogens is 481 g/mol. The first-order chi connectivity index (χ1) is 17.7. The van der Waals surface area contributed by atoms with Gasteiger partial charge in [-0.2, -0.15) is 13.2 Å². The van der Waals surface area contributed by atoms with Gasteiger partial charge < -0.3 is 19.9 Å². The van der Waals surface area contributed by atoms with Gasteiger partial charge in [-0.05, 0) is 49.6 Å². The fraction of sp³-hybridized carbons (Fsp3) is 0.370. The highest BCUT2D eigenvalue weighted by Gasteiger charge is 2.44. The van der Waals surface area contributed by atoms with E-state index in [1.807, 2.05) is 0 Å². The van der Waals surface area contributed by atoms with E-state index in [4.69, 9.17) is 4.74 Å². The second-order valence-electron chi connectivity index (χ2n) is 9.56. The van der Waals surface area contributed by atoms with Gasteiger partial charge in [0.1, 0.15) is 18.1 Å². The van der Waals surface area contributed by atoms with Crippen molar-refractivity contribution in [2.24, 2.45) is 0 Å². The van der Waals surface area contributed by atoms with Crippen LogP contribution >= 0.6 is 0 Å². The molecule has 1 aliphatic heterocycles. The number of hydrogen-bond acceptors (Lipinski definition) is 7. The minimum atomic E-state index is -4.46. The lowest BCUT2D eigenvalue weighted by Crippen LogP contribution is -2.45. The van der Waals surface area contributed by atoms with Crippen LogP contribution in [0.3, 0.4) is 0 Å². The van der Waals surface area contributed by atoms with Crippen molar-refractivity contribution in [3.05, 3.63) is 83.8 Å². The maximum Gasteiger partial charge on any atom is 0.433 e. The number of nitrogens with one attached hydrogen (secondary N) is 1. The second kappa shape index (κ2) is 9.91. The number of hydrogen-bond donors (Lipinski definition) is 1. The summed E-state index contributed by atoms with van der Waals surface area (Å²) in [6.45, 7) is 10.1. The summed E-state index contributed by atoms with van der Waals surface area (Å²) in [6.07, 6.45) is -1.30. The van der Waals surface area contributed by atoms with Crippen molar-refractivity contribution in [2.45, 2.75) is 38.1 Å². The molecule has 0 amide bonds. The molecule has 1 saturated heterocycles. The van der Waals surface area contributed by atoms with Crippen LogP contribution in [0.5, 0.6) is 5.88 Å². The number of anilines is 2. The van der Waals surface area contributed by atoms with Gasteiger partial charge in [-0.25, -0.2) is 0 Å². The molecule has 0 bridgehead atoms. The summed E-state index contributed by atoms with van der Waals surface area (Å²) in [5.74, 6) is 0.924. The Labute approximate surface area is 214 Å². The third-order valence-electron chi connectivity index (χ3n) is 6.86. The Morgan fingerprint density at radius 3 is 2.27 bits per heavy atom. The van der Waals surface area contributed by atoms with Crippen molar-refractivity contribution in [3.63, 3.8) is 0 Å². The maximum absolute atomic E-state index is 12.6. The van der Waals surface area contributed by atoms with Crippen molar-refractivity contribution >= 4 is 11.5 Å². The molecule has 1 saturated carbocycles. The van der Waals surface area contributed by atoms with Crippen LogP contribution in [0.1, 0.15) is 36.6 Å². The molecule has 1 aromatic carbocycles. The summed E-state index contributed by atoms with van der Waals surface area (Å²) < 4.78 is 43.5. The average Bonchev–Trinajstić information content (AvgIpc) is 3.69. The van der Waals surface area contributed by atoms with Crippen LogP contribution < -0.4 is 15.0 Å². The van der Waals surface area contributed by atoms with Gasteiger partial charge in [0.15, 0.2) is 0 Å². The van der Waals surface area contributed by atoms with Crippen molar-refractivity contribution in [2.75, 3.05) is 36.4 Å². The Hall–Kier alpha value is -3.82. The summed E-state index contributed by atoms with van der Waals surface area (Å²) in [4.78, 5) is 8.16. The van der Waals surface area contributed by atoms with Crippen LogP contribution in [-0.2, 0) is 18.3 Å². The molecular formula is C27H29F3N6O. The minimum Gasteiger partial charge on any atom is -0.472 e. The number of pyridine rings is 1. The van der Waals surface area contributed by atoms with Crippen molar-refractivity contribution in [1.29, 1.82) is 0 Å². The molecule has 2 aliphatic rings. The van der Waals surface area contributed by atoms with Gasteiger partial charge in [-0.15, -0.1) is 10.2 Å². The Morgan fingerprint density at radius 2 is 1.73 bits per heavy atom. The first-order valence-corrected chi connectivity index (χ1v) is 12.2. The number of benzene rings is 1. The van der Waals surface area contributed by atoms with E-state index in [2.05, 4.69) is 68.1 Å². The molecule has 2 aromatic heterocycles. The fourth-order valence-electron chi connectivity index (χ4n) is 4.49. The third-order valence-corrected chi connectivity index (χ3v) is 6.86. The van der Waals surface area contributed by atoms with E-state index in [1.54, 1.807) is 12.1 Å². The summed E-state index contributed by atoms with van der Waals surface area (Å²) in [5, 5.41) is 11.8. The monoisotopic (exact) mass is 510 g/mol. The van der Waals surface area contributed by atoms with Crippen LogP contribution in [0.15, 0.2) is 67.0 Å². The molecule has 10 heteroatoms. The smallest absolute Gasteiger partial charge is 0.433 e. The molecule has 7 nitrogen and oxygen atoms in total. The Morgan fingerprint density at radius 1 is 1.00 bits per heavy atom. The standard InChI is InChI=1S/C27H29F3N6O/c1-19(2)35-13-15-36(16-14-35)22-6-4-21(5-7-22)26(11-12-26)32-24-9-10-25(34-33-24)37-18-20-3-8-23(31-17-20)27(28,29)30/h3-10,17H,1,11-16,18H2,2H3,(H,32,33). The second-order valence-corrected chi connectivity index (χ2v) is 9.56. The van der Waals surface area contributed by atoms with Crippen molar-refractivity contribution in [1.82, 2.24) is 20.1 Å². The Balaban J connectivity index is 1.15. The Kier molecular flexibility index (Phi) is 6.66. The molecule has 0 unspecified atom stereocenters. The predicted octanol–water partition coefficient (Wildman–Crippen LogP) is 5.23. The minimum absolute atomic E-state index is 0.0468. The van der Waals surface area contributed by atoms with Gasteiger partial charge in [-0.1, -0.05) is 24.8 Å². The van der Waals surface area contributed by atoms with Gasteiger partial charge in [-0.3, -0.25) is 4.98 Å². The van der Waals surface area contributed by atoms with E-state index < -0.39 is 11.9 Å². The lowest BCUT2D eigenvalue weighted by Gasteiger charge is -2.37. The number of rotatable bonds is 8. The summed E-state index contributed by atoms with van der Waals surface area (Å²) in [7, 11) is 0. The maximum atomic E-state index is 12.6. The molecule has 1 N–H and O–H groups in total. The highest BCUT2D eigenvalue weighted by molar-refractivity contribution is 5.52. The summed E-state index contributed by atoms with van der Waals surface area (Å²) in [6, 6.07) is 14.5. The predicted molar refractivity (Wildman–Crippen MR) is 135 cm³/mol. The number of piperazine rings is 1. The molecule has 3 heterocycles. The quantitative estimate of drug-likeness (QED) is 0.445. The van der Waals surface area contributed by atoms with E-state index in [0.29, 0.717) is 11.4 Å². The van der Waals surface area contributed by atoms with E-state index in [1.165, 1.54) is 17.3 Å². The fourth-order valence-corrected chi connectivity index (χ4v) is 4.49. The Bertz CT molecular complexity index is 1220. The van der Waals surface area contributed by atoms with Crippen LogP contribution in [0.4, 0.5) is 24.7 Å². The topological polar surface area (TPSA) is 66.4 Å². The van der Waals surface area contributed by atoms with E-state index in [9.17, 15) is 13.2 Å². The van der Waals surface area contributed by atoms with E-state index in [-0.39, 0.29) is 18.0 Å². The molecule has 5 rings (SSSR count).